The number of nitro groups is 2. The fourth-order valence-corrected chi connectivity index (χ4v) is 2.45. The molecule has 1 aliphatic carbocycles. The van der Waals surface area contributed by atoms with Crippen LogP contribution >= 0.6 is 0 Å². The maximum atomic E-state index is 11.0. The number of anilines is 1. The SMILES string of the molecule is N[C@H]1CCCC[C@H]1Nc1ccc([N+](=O)[O-])cc1[N+](=O)[O-]. The molecule has 0 heterocycles. The molecule has 108 valence electrons. The number of hydrogen-bond donors (Lipinski definition) is 2. The van der Waals surface area contributed by atoms with Gasteiger partial charge in [0.1, 0.15) is 5.69 Å². The number of nitrogens with two attached hydrogens (primary N) is 1. The van der Waals surface area contributed by atoms with Crippen LogP contribution in [-0.2, 0) is 0 Å². The number of benzene rings is 1. The van der Waals surface area contributed by atoms with E-state index in [1.54, 1.807) is 0 Å². The number of non-ortho nitro benzene ring substituents is 1. The van der Waals surface area contributed by atoms with Crippen LogP contribution in [0.25, 0.3) is 0 Å². The van der Waals surface area contributed by atoms with Crippen molar-refractivity contribution in [1.29, 1.82) is 0 Å². The molecule has 20 heavy (non-hydrogen) atoms. The number of nitrogens with zero attached hydrogens (tertiary/aromatic N) is 2. The van der Waals surface area contributed by atoms with Crippen molar-refractivity contribution in [3.63, 3.8) is 0 Å². The zero-order chi connectivity index (χ0) is 14.7. The van der Waals surface area contributed by atoms with Gasteiger partial charge in [0, 0.05) is 18.2 Å². The highest BCUT2D eigenvalue weighted by Gasteiger charge is 2.25. The summed E-state index contributed by atoms with van der Waals surface area (Å²) in [6.45, 7) is 0. The predicted molar refractivity (Wildman–Crippen MR) is 73.6 cm³/mol. The summed E-state index contributed by atoms with van der Waals surface area (Å²) in [7, 11) is 0. The summed E-state index contributed by atoms with van der Waals surface area (Å²) in [4.78, 5) is 20.4. The fourth-order valence-electron chi connectivity index (χ4n) is 2.45. The van der Waals surface area contributed by atoms with Gasteiger partial charge in [-0.1, -0.05) is 12.8 Å². The topological polar surface area (TPSA) is 124 Å². The van der Waals surface area contributed by atoms with E-state index in [0.717, 1.165) is 31.7 Å². The van der Waals surface area contributed by atoms with Crippen molar-refractivity contribution in [2.45, 2.75) is 37.8 Å². The predicted octanol–water partition coefficient (Wildman–Crippen LogP) is 2.18. The highest BCUT2D eigenvalue weighted by Crippen LogP contribution is 2.31. The van der Waals surface area contributed by atoms with Crippen molar-refractivity contribution >= 4 is 17.1 Å². The maximum absolute atomic E-state index is 11.0. The van der Waals surface area contributed by atoms with E-state index in [4.69, 9.17) is 5.73 Å². The molecule has 8 heteroatoms. The van der Waals surface area contributed by atoms with E-state index in [2.05, 4.69) is 5.32 Å². The minimum absolute atomic E-state index is 0.0380. The molecular weight excluding hydrogens is 264 g/mol. The lowest BCUT2D eigenvalue weighted by molar-refractivity contribution is -0.393. The highest BCUT2D eigenvalue weighted by molar-refractivity contribution is 5.65. The maximum Gasteiger partial charge on any atom is 0.299 e. The first-order valence-electron chi connectivity index (χ1n) is 6.44. The van der Waals surface area contributed by atoms with Gasteiger partial charge in [0.25, 0.3) is 11.4 Å². The van der Waals surface area contributed by atoms with Gasteiger partial charge in [-0.2, -0.15) is 0 Å². The van der Waals surface area contributed by atoms with Crippen molar-refractivity contribution in [3.8, 4) is 0 Å². The van der Waals surface area contributed by atoms with Crippen LogP contribution in [0.15, 0.2) is 18.2 Å². The van der Waals surface area contributed by atoms with E-state index >= 15 is 0 Å². The lowest BCUT2D eigenvalue weighted by atomic mass is 9.91. The molecule has 0 aromatic heterocycles. The molecule has 0 spiro atoms. The summed E-state index contributed by atoms with van der Waals surface area (Å²) in [6, 6.07) is 3.50. The van der Waals surface area contributed by atoms with Crippen LogP contribution in [0.2, 0.25) is 0 Å². The summed E-state index contributed by atoms with van der Waals surface area (Å²) in [5.41, 5.74) is 5.68. The van der Waals surface area contributed by atoms with Crippen molar-refractivity contribution in [2.24, 2.45) is 5.73 Å². The third kappa shape index (κ3) is 3.02. The summed E-state index contributed by atoms with van der Waals surface area (Å²) < 4.78 is 0. The van der Waals surface area contributed by atoms with Gasteiger partial charge < -0.3 is 11.1 Å². The minimum Gasteiger partial charge on any atom is -0.375 e. The quantitative estimate of drug-likeness (QED) is 0.643. The Balaban J connectivity index is 2.26. The Bertz CT molecular complexity index is 534. The molecule has 2 rings (SSSR count). The second-order valence-corrected chi connectivity index (χ2v) is 4.91. The number of nitrogens with one attached hydrogen (secondary N) is 1. The van der Waals surface area contributed by atoms with Crippen LogP contribution in [0.3, 0.4) is 0 Å². The Morgan fingerprint density at radius 3 is 2.45 bits per heavy atom. The molecule has 1 aliphatic rings. The molecule has 2 atom stereocenters. The average molecular weight is 280 g/mol. The second-order valence-electron chi connectivity index (χ2n) is 4.91. The molecule has 0 radical (unpaired) electrons. The van der Waals surface area contributed by atoms with E-state index < -0.39 is 9.85 Å². The first kappa shape index (κ1) is 14.2. The van der Waals surface area contributed by atoms with E-state index in [-0.39, 0.29) is 29.1 Å². The van der Waals surface area contributed by atoms with Crippen molar-refractivity contribution in [3.05, 3.63) is 38.4 Å². The number of nitro benzene ring substituents is 2. The van der Waals surface area contributed by atoms with E-state index in [9.17, 15) is 20.2 Å². The molecule has 1 aromatic carbocycles. The highest BCUT2D eigenvalue weighted by atomic mass is 16.6. The van der Waals surface area contributed by atoms with E-state index in [1.165, 1.54) is 12.1 Å². The lowest BCUT2D eigenvalue weighted by Gasteiger charge is -2.29. The summed E-state index contributed by atoms with van der Waals surface area (Å²) >= 11 is 0. The normalized spacial score (nSPS) is 22.2. The van der Waals surface area contributed by atoms with Gasteiger partial charge in [0.2, 0.25) is 0 Å². The average Bonchev–Trinajstić information content (AvgIpc) is 2.41. The number of hydrogen-bond acceptors (Lipinski definition) is 6. The number of rotatable bonds is 4. The van der Waals surface area contributed by atoms with E-state index in [1.807, 2.05) is 0 Å². The van der Waals surface area contributed by atoms with Crippen LogP contribution in [0, 0.1) is 20.2 Å². The van der Waals surface area contributed by atoms with Gasteiger partial charge in [0.15, 0.2) is 0 Å². The van der Waals surface area contributed by atoms with Crippen LogP contribution in [0.1, 0.15) is 25.7 Å². The molecule has 0 amide bonds. The molecule has 3 N–H and O–H groups in total. The largest absolute Gasteiger partial charge is 0.375 e. The van der Waals surface area contributed by atoms with Crippen LogP contribution in [-0.4, -0.2) is 21.9 Å². The monoisotopic (exact) mass is 280 g/mol. The Morgan fingerprint density at radius 1 is 1.15 bits per heavy atom. The molecule has 1 aromatic rings. The van der Waals surface area contributed by atoms with Gasteiger partial charge >= 0.3 is 0 Å². The van der Waals surface area contributed by atoms with Crippen molar-refractivity contribution in [2.75, 3.05) is 5.32 Å². The zero-order valence-electron chi connectivity index (χ0n) is 10.8. The fraction of sp³-hybridized carbons (Fsp3) is 0.500. The van der Waals surface area contributed by atoms with Gasteiger partial charge in [-0.05, 0) is 18.9 Å². The Hall–Kier alpha value is -2.22. The van der Waals surface area contributed by atoms with Gasteiger partial charge in [-0.15, -0.1) is 0 Å². The second kappa shape index (κ2) is 5.83. The van der Waals surface area contributed by atoms with Gasteiger partial charge in [0.05, 0.1) is 15.9 Å². The molecule has 0 aliphatic heterocycles. The Kier molecular flexibility index (Phi) is 4.14. The third-order valence-corrected chi connectivity index (χ3v) is 3.55. The lowest BCUT2D eigenvalue weighted by Crippen LogP contribution is -2.42. The third-order valence-electron chi connectivity index (χ3n) is 3.55. The van der Waals surface area contributed by atoms with Gasteiger partial charge in [-0.3, -0.25) is 20.2 Å². The first-order valence-corrected chi connectivity index (χ1v) is 6.44. The molecule has 8 nitrogen and oxygen atoms in total. The molecule has 1 fully saturated rings. The van der Waals surface area contributed by atoms with Crippen LogP contribution < -0.4 is 11.1 Å². The Labute approximate surface area is 115 Å². The van der Waals surface area contributed by atoms with Crippen LogP contribution in [0.4, 0.5) is 17.1 Å². The van der Waals surface area contributed by atoms with Gasteiger partial charge in [-0.25, -0.2) is 0 Å². The smallest absolute Gasteiger partial charge is 0.299 e. The van der Waals surface area contributed by atoms with E-state index in [0.29, 0.717) is 0 Å². The zero-order valence-corrected chi connectivity index (χ0v) is 10.8. The van der Waals surface area contributed by atoms with Crippen molar-refractivity contribution in [1.82, 2.24) is 0 Å². The summed E-state index contributed by atoms with van der Waals surface area (Å²) in [6.07, 6.45) is 3.79. The molecular formula is C12H16N4O4. The molecule has 0 unspecified atom stereocenters. The first-order chi connectivity index (χ1) is 9.49. The Morgan fingerprint density at radius 2 is 1.85 bits per heavy atom. The molecule has 0 saturated heterocycles. The standard InChI is InChI=1S/C12H16N4O4/c13-9-3-1-2-4-10(9)14-11-6-5-8(15(17)18)7-12(11)16(19)20/h5-7,9-10,14H,1-4,13H2/t9-,10+/m0/s1. The summed E-state index contributed by atoms with van der Waals surface area (Å²) in [5, 5.41) is 24.8. The molecule has 1 saturated carbocycles. The van der Waals surface area contributed by atoms with Crippen molar-refractivity contribution < 1.29 is 9.85 Å². The summed E-state index contributed by atoms with van der Waals surface area (Å²) in [5.74, 6) is 0. The van der Waals surface area contributed by atoms with Crippen LogP contribution in [0.5, 0.6) is 0 Å². The minimum atomic E-state index is -0.650. The molecule has 0 bridgehead atoms.